The molecule has 1 aliphatic carbocycles. The molecule has 20 heavy (non-hydrogen) atoms. The summed E-state index contributed by atoms with van der Waals surface area (Å²) in [6.45, 7) is 0.379. The molecule has 1 aliphatic rings. The number of nitrogens with zero attached hydrogens (tertiary/aromatic N) is 1. The number of rotatable bonds is 3. The zero-order valence-corrected chi connectivity index (χ0v) is 11.6. The highest BCUT2D eigenvalue weighted by Gasteiger charge is 2.16. The van der Waals surface area contributed by atoms with Gasteiger partial charge < -0.3 is 15.6 Å². The van der Waals surface area contributed by atoms with Gasteiger partial charge in [0, 0.05) is 28.8 Å². The van der Waals surface area contributed by atoms with Gasteiger partial charge in [-0.3, -0.25) is 4.79 Å². The molecular formula is C16H21N3O. The van der Waals surface area contributed by atoms with E-state index in [-0.39, 0.29) is 5.91 Å². The molecule has 4 heteroatoms. The Labute approximate surface area is 118 Å². The lowest BCUT2D eigenvalue weighted by Crippen LogP contribution is -2.38. The summed E-state index contributed by atoms with van der Waals surface area (Å²) in [5.41, 5.74) is 7.57. The number of nitrogen functional groups attached to an aromatic ring is 1. The van der Waals surface area contributed by atoms with Crippen LogP contribution in [0.4, 0.5) is 5.69 Å². The van der Waals surface area contributed by atoms with Crippen molar-refractivity contribution < 1.29 is 4.79 Å². The molecule has 1 aromatic carbocycles. The summed E-state index contributed by atoms with van der Waals surface area (Å²) in [4.78, 5) is 12.1. The molecular weight excluding hydrogens is 250 g/mol. The van der Waals surface area contributed by atoms with Crippen molar-refractivity contribution in [1.82, 2.24) is 9.88 Å². The van der Waals surface area contributed by atoms with Gasteiger partial charge in [0.2, 0.25) is 5.91 Å². The first-order valence-electron chi connectivity index (χ1n) is 7.36. The lowest BCUT2D eigenvalue weighted by Gasteiger charge is -2.22. The van der Waals surface area contributed by atoms with Gasteiger partial charge in [0.15, 0.2) is 0 Å². The molecule has 3 rings (SSSR count). The zero-order valence-electron chi connectivity index (χ0n) is 11.6. The van der Waals surface area contributed by atoms with E-state index >= 15 is 0 Å². The largest absolute Gasteiger partial charge is 0.399 e. The number of hydrogen-bond donors (Lipinski definition) is 2. The van der Waals surface area contributed by atoms with Crippen LogP contribution in [0.1, 0.15) is 32.1 Å². The normalized spacial score (nSPS) is 16.4. The minimum atomic E-state index is 0.103. The Morgan fingerprint density at radius 2 is 2.05 bits per heavy atom. The molecule has 4 nitrogen and oxygen atoms in total. The highest BCUT2D eigenvalue weighted by molar-refractivity contribution is 5.85. The van der Waals surface area contributed by atoms with Gasteiger partial charge in [-0.2, -0.15) is 0 Å². The molecule has 0 aliphatic heterocycles. The lowest BCUT2D eigenvalue weighted by molar-refractivity contribution is -0.122. The van der Waals surface area contributed by atoms with Crippen molar-refractivity contribution in [3.8, 4) is 0 Å². The molecule has 0 atom stereocenters. The van der Waals surface area contributed by atoms with Crippen molar-refractivity contribution in [2.75, 3.05) is 5.73 Å². The van der Waals surface area contributed by atoms with Gasteiger partial charge >= 0.3 is 0 Å². The van der Waals surface area contributed by atoms with Crippen molar-refractivity contribution in [3.63, 3.8) is 0 Å². The molecule has 0 unspecified atom stereocenters. The third-order valence-corrected chi connectivity index (χ3v) is 4.08. The van der Waals surface area contributed by atoms with Gasteiger partial charge in [0.05, 0.1) is 0 Å². The van der Waals surface area contributed by atoms with E-state index in [2.05, 4.69) is 5.32 Å². The number of nitrogens with two attached hydrogens (primary N) is 1. The molecule has 1 fully saturated rings. The molecule has 1 saturated carbocycles. The topological polar surface area (TPSA) is 60.0 Å². The van der Waals surface area contributed by atoms with Crippen molar-refractivity contribution in [2.24, 2.45) is 0 Å². The minimum absolute atomic E-state index is 0.103. The van der Waals surface area contributed by atoms with Gasteiger partial charge in [0.1, 0.15) is 6.54 Å². The van der Waals surface area contributed by atoms with Gasteiger partial charge in [-0.15, -0.1) is 0 Å². The van der Waals surface area contributed by atoms with Crippen LogP contribution in [0.25, 0.3) is 10.9 Å². The van der Waals surface area contributed by atoms with Gasteiger partial charge in [-0.25, -0.2) is 0 Å². The number of anilines is 1. The monoisotopic (exact) mass is 271 g/mol. The summed E-state index contributed by atoms with van der Waals surface area (Å²) in [7, 11) is 0. The molecule has 1 aromatic heterocycles. The van der Waals surface area contributed by atoms with Crippen LogP contribution in [-0.2, 0) is 11.3 Å². The molecule has 1 amide bonds. The second kappa shape index (κ2) is 5.57. The molecule has 0 spiro atoms. The summed E-state index contributed by atoms with van der Waals surface area (Å²) >= 11 is 0. The highest BCUT2D eigenvalue weighted by atomic mass is 16.2. The zero-order chi connectivity index (χ0) is 13.9. The maximum atomic E-state index is 12.1. The van der Waals surface area contributed by atoms with E-state index in [1.165, 1.54) is 19.3 Å². The number of aromatic nitrogens is 1. The van der Waals surface area contributed by atoms with E-state index in [1.807, 2.05) is 35.0 Å². The van der Waals surface area contributed by atoms with Gasteiger partial charge in [-0.05, 0) is 37.1 Å². The van der Waals surface area contributed by atoms with Crippen molar-refractivity contribution >= 4 is 22.5 Å². The third-order valence-electron chi connectivity index (χ3n) is 4.08. The molecule has 0 bridgehead atoms. The van der Waals surface area contributed by atoms with Gasteiger partial charge in [-0.1, -0.05) is 19.3 Å². The van der Waals surface area contributed by atoms with Crippen LogP contribution in [-0.4, -0.2) is 16.5 Å². The summed E-state index contributed by atoms with van der Waals surface area (Å²) in [5, 5.41) is 4.23. The van der Waals surface area contributed by atoms with E-state index in [1.54, 1.807) is 0 Å². The quantitative estimate of drug-likeness (QED) is 0.843. The fourth-order valence-corrected chi connectivity index (χ4v) is 3.03. The van der Waals surface area contributed by atoms with E-state index in [0.717, 1.165) is 29.4 Å². The Morgan fingerprint density at radius 1 is 1.25 bits per heavy atom. The summed E-state index contributed by atoms with van der Waals surface area (Å²) in [5.74, 6) is 0.103. The Hall–Kier alpha value is -1.97. The second-order valence-corrected chi connectivity index (χ2v) is 5.66. The Bertz CT molecular complexity index is 611. The van der Waals surface area contributed by atoms with E-state index in [9.17, 15) is 4.79 Å². The Balaban J connectivity index is 1.67. The van der Waals surface area contributed by atoms with Crippen LogP contribution < -0.4 is 11.1 Å². The number of nitrogens with one attached hydrogen (secondary N) is 1. The maximum Gasteiger partial charge on any atom is 0.240 e. The fraction of sp³-hybridized carbons (Fsp3) is 0.438. The van der Waals surface area contributed by atoms with Crippen LogP contribution in [0.15, 0.2) is 30.5 Å². The number of carbonyl (C=O) groups excluding carboxylic acids is 1. The second-order valence-electron chi connectivity index (χ2n) is 5.66. The molecule has 1 heterocycles. The van der Waals surface area contributed by atoms with Crippen LogP contribution in [0.2, 0.25) is 0 Å². The standard InChI is InChI=1S/C16H21N3O/c17-13-6-7-15-12(10-13)8-9-19(15)11-16(20)18-14-4-2-1-3-5-14/h6-10,14H,1-5,11,17H2,(H,18,20). The van der Waals surface area contributed by atoms with E-state index < -0.39 is 0 Å². The van der Waals surface area contributed by atoms with Crippen molar-refractivity contribution in [1.29, 1.82) is 0 Å². The Kier molecular flexibility index (Phi) is 3.63. The van der Waals surface area contributed by atoms with Gasteiger partial charge in [0.25, 0.3) is 0 Å². The number of benzene rings is 1. The average Bonchev–Trinajstić information content (AvgIpc) is 2.82. The van der Waals surface area contributed by atoms with Crippen LogP contribution in [0.3, 0.4) is 0 Å². The third kappa shape index (κ3) is 2.79. The number of hydrogen-bond acceptors (Lipinski definition) is 2. The predicted molar refractivity (Wildman–Crippen MR) is 81.4 cm³/mol. The minimum Gasteiger partial charge on any atom is -0.399 e. The number of fused-ring (bicyclic) bond motifs is 1. The lowest BCUT2D eigenvalue weighted by atomic mass is 9.95. The summed E-state index contributed by atoms with van der Waals surface area (Å²) < 4.78 is 1.98. The summed E-state index contributed by atoms with van der Waals surface area (Å²) in [6.07, 6.45) is 7.96. The Morgan fingerprint density at radius 3 is 2.85 bits per heavy atom. The van der Waals surface area contributed by atoms with Crippen LogP contribution in [0.5, 0.6) is 0 Å². The van der Waals surface area contributed by atoms with E-state index in [0.29, 0.717) is 12.6 Å². The predicted octanol–water partition coefficient (Wildman–Crippen LogP) is 2.67. The first-order chi connectivity index (χ1) is 9.72. The van der Waals surface area contributed by atoms with Crippen LogP contribution >= 0.6 is 0 Å². The SMILES string of the molecule is Nc1ccc2c(ccn2CC(=O)NC2CCCCC2)c1. The molecule has 106 valence electrons. The first-order valence-corrected chi connectivity index (χ1v) is 7.36. The molecule has 0 radical (unpaired) electrons. The van der Waals surface area contributed by atoms with Crippen molar-refractivity contribution in [3.05, 3.63) is 30.5 Å². The van der Waals surface area contributed by atoms with Crippen molar-refractivity contribution in [2.45, 2.75) is 44.7 Å². The average molecular weight is 271 g/mol. The smallest absolute Gasteiger partial charge is 0.240 e. The number of amides is 1. The molecule has 0 saturated heterocycles. The maximum absolute atomic E-state index is 12.1. The highest BCUT2D eigenvalue weighted by Crippen LogP contribution is 2.19. The first kappa shape index (κ1) is 13.0. The van der Waals surface area contributed by atoms with E-state index in [4.69, 9.17) is 5.73 Å². The summed E-state index contributed by atoms with van der Waals surface area (Å²) in [6, 6.07) is 8.15. The van der Waals surface area contributed by atoms with Crippen LogP contribution in [0, 0.1) is 0 Å². The molecule has 3 N–H and O–H groups in total. The fourth-order valence-electron chi connectivity index (χ4n) is 3.03. The molecule has 2 aromatic rings. The number of carbonyl (C=O) groups is 1.